The molecule has 1 amide bonds. The fourth-order valence-corrected chi connectivity index (χ4v) is 0.534. The first-order valence-electron chi connectivity index (χ1n) is 3.64. The molecule has 0 saturated heterocycles. The first-order valence-corrected chi connectivity index (χ1v) is 3.64. The van der Waals surface area contributed by atoms with E-state index in [4.69, 9.17) is 0 Å². The molecular weight excluding hydrogens is 152 g/mol. The molecule has 0 aliphatic heterocycles. The van der Waals surface area contributed by atoms with Crippen LogP contribution in [0.2, 0.25) is 0 Å². The van der Waals surface area contributed by atoms with E-state index in [2.05, 4.69) is 5.32 Å². The summed E-state index contributed by atoms with van der Waals surface area (Å²) in [6.07, 6.45) is 1.62. The van der Waals surface area contributed by atoms with E-state index in [1.807, 2.05) is 6.92 Å². The average Bonchev–Trinajstić information content (AvgIpc) is 1.86. The Labute approximate surface area is 65.0 Å². The van der Waals surface area contributed by atoms with Gasteiger partial charge in [-0.25, -0.2) is 0 Å². The van der Waals surface area contributed by atoms with E-state index >= 15 is 0 Å². The predicted molar refractivity (Wildman–Crippen MR) is 38.5 cm³/mol. The van der Waals surface area contributed by atoms with Gasteiger partial charge in [-0.05, 0) is 6.42 Å². The van der Waals surface area contributed by atoms with E-state index in [1.54, 1.807) is 0 Å². The number of carbonyl (C=O) groups excluding carboxylic acids is 1. The van der Waals surface area contributed by atoms with E-state index in [0.717, 1.165) is 12.8 Å². The van der Waals surface area contributed by atoms with E-state index in [0.29, 0.717) is 13.5 Å². The van der Waals surface area contributed by atoms with Gasteiger partial charge in [-0.1, -0.05) is 13.3 Å². The highest BCUT2D eigenvalue weighted by Gasteiger charge is 2.31. The van der Waals surface area contributed by atoms with Gasteiger partial charge in [0.25, 0.3) is 5.91 Å². The number of rotatable bonds is 4. The molecule has 0 atom stereocenters. The van der Waals surface area contributed by atoms with Crippen molar-refractivity contribution >= 4 is 5.91 Å². The summed E-state index contributed by atoms with van der Waals surface area (Å²) in [7, 11) is 0. The molecule has 66 valence electrons. The van der Waals surface area contributed by atoms with Crippen LogP contribution in [-0.2, 0) is 4.79 Å². The van der Waals surface area contributed by atoms with E-state index in [-0.39, 0.29) is 0 Å². The number of hydrogen-bond donors (Lipinski definition) is 1. The van der Waals surface area contributed by atoms with Crippen LogP contribution in [0.25, 0.3) is 0 Å². The lowest BCUT2D eigenvalue weighted by Gasteiger charge is -2.09. The van der Waals surface area contributed by atoms with Crippen LogP contribution in [0.5, 0.6) is 0 Å². The topological polar surface area (TPSA) is 29.1 Å². The smallest absolute Gasteiger partial charge is 0.321 e. The first-order chi connectivity index (χ1) is 4.98. The van der Waals surface area contributed by atoms with Crippen molar-refractivity contribution in [2.75, 3.05) is 6.54 Å². The second kappa shape index (κ2) is 4.26. The SMILES string of the molecule is CCCCNC(=O)C(C)(F)F. The maximum absolute atomic E-state index is 12.1. The molecule has 0 heterocycles. The zero-order chi connectivity index (χ0) is 8.91. The van der Waals surface area contributed by atoms with Crippen LogP contribution in [0, 0.1) is 0 Å². The van der Waals surface area contributed by atoms with E-state index < -0.39 is 11.8 Å². The molecule has 1 N–H and O–H groups in total. The van der Waals surface area contributed by atoms with Crippen molar-refractivity contribution in [1.29, 1.82) is 0 Å². The molecule has 0 bridgehead atoms. The molecule has 0 radical (unpaired) electrons. The van der Waals surface area contributed by atoms with Gasteiger partial charge < -0.3 is 5.32 Å². The molecule has 0 spiro atoms. The minimum absolute atomic E-state index is 0.332. The fraction of sp³-hybridized carbons (Fsp3) is 0.857. The summed E-state index contributed by atoms with van der Waals surface area (Å²) in [5.41, 5.74) is 0. The molecular formula is C7H13F2NO. The van der Waals surface area contributed by atoms with Crippen molar-refractivity contribution in [2.45, 2.75) is 32.6 Å². The third-order valence-electron chi connectivity index (χ3n) is 1.21. The maximum Gasteiger partial charge on any atom is 0.321 e. The highest BCUT2D eigenvalue weighted by molar-refractivity contribution is 5.82. The lowest BCUT2D eigenvalue weighted by molar-refractivity contribution is -0.142. The molecule has 0 unspecified atom stereocenters. The van der Waals surface area contributed by atoms with Crippen LogP contribution < -0.4 is 5.32 Å². The number of halogens is 2. The van der Waals surface area contributed by atoms with E-state index in [9.17, 15) is 13.6 Å². The highest BCUT2D eigenvalue weighted by atomic mass is 19.3. The van der Waals surface area contributed by atoms with Gasteiger partial charge in [-0.3, -0.25) is 4.79 Å². The van der Waals surface area contributed by atoms with Gasteiger partial charge in [0.05, 0.1) is 0 Å². The summed E-state index contributed by atoms with van der Waals surface area (Å²) in [5, 5.41) is 2.13. The lowest BCUT2D eigenvalue weighted by Crippen LogP contribution is -2.38. The Kier molecular flexibility index (Phi) is 4.00. The van der Waals surface area contributed by atoms with Crippen molar-refractivity contribution in [3.8, 4) is 0 Å². The van der Waals surface area contributed by atoms with Gasteiger partial charge in [0.1, 0.15) is 0 Å². The fourth-order valence-electron chi connectivity index (χ4n) is 0.534. The number of alkyl halides is 2. The number of carbonyl (C=O) groups is 1. The lowest BCUT2D eigenvalue weighted by atomic mass is 10.3. The molecule has 0 aromatic rings. The molecule has 0 aromatic heterocycles. The first kappa shape index (κ1) is 10.3. The molecule has 0 aromatic carbocycles. The highest BCUT2D eigenvalue weighted by Crippen LogP contribution is 2.10. The molecule has 4 heteroatoms. The standard InChI is InChI=1S/C7H13F2NO/c1-3-4-5-10-6(11)7(2,8)9/h3-5H2,1-2H3,(H,10,11). The van der Waals surface area contributed by atoms with Crippen LogP contribution in [0.15, 0.2) is 0 Å². The van der Waals surface area contributed by atoms with Crippen molar-refractivity contribution in [1.82, 2.24) is 5.32 Å². The zero-order valence-electron chi connectivity index (χ0n) is 6.79. The summed E-state index contributed by atoms with van der Waals surface area (Å²) < 4.78 is 24.3. The minimum Gasteiger partial charge on any atom is -0.351 e. The van der Waals surface area contributed by atoms with Crippen molar-refractivity contribution in [2.24, 2.45) is 0 Å². The molecule has 0 saturated carbocycles. The minimum atomic E-state index is -3.24. The van der Waals surface area contributed by atoms with Crippen LogP contribution in [-0.4, -0.2) is 18.4 Å². The number of amides is 1. The van der Waals surface area contributed by atoms with Gasteiger partial charge in [-0.15, -0.1) is 0 Å². The Hall–Kier alpha value is -0.670. The monoisotopic (exact) mass is 165 g/mol. The molecule has 0 rings (SSSR count). The molecule has 0 aliphatic carbocycles. The number of unbranched alkanes of at least 4 members (excludes halogenated alkanes) is 1. The van der Waals surface area contributed by atoms with Gasteiger partial charge in [0.15, 0.2) is 0 Å². The van der Waals surface area contributed by atoms with Crippen LogP contribution in [0.1, 0.15) is 26.7 Å². The third-order valence-corrected chi connectivity index (χ3v) is 1.21. The largest absolute Gasteiger partial charge is 0.351 e. The normalized spacial score (nSPS) is 11.3. The third kappa shape index (κ3) is 4.70. The van der Waals surface area contributed by atoms with Gasteiger partial charge in [0.2, 0.25) is 0 Å². The average molecular weight is 165 g/mol. The summed E-state index contributed by atoms with van der Waals surface area (Å²) in [6.45, 7) is 2.85. The molecule has 0 aliphatic rings. The molecule has 2 nitrogen and oxygen atoms in total. The molecule has 0 fully saturated rings. The number of nitrogens with one attached hydrogen (secondary N) is 1. The van der Waals surface area contributed by atoms with E-state index in [1.165, 1.54) is 0 Å². The summed E-state index contributed by atoms with van der Waals surface area (Å²) in [5.74, 6) is -4.43. The van der Waals surface area contributed by atoms with Crippen molar-refractivity contribution in [3.63, 3.8) is 0 Å². The van der Waals surface area contributed by atoms with Gasteiger partial charge >= 0.3 is 5.92 Å². The quantitative estimate of drug-likeness (QED) is 0.629. The van der Waals surface area contributed by atoms with Gasteiger partial charge in [0, 0.05) is 13.5 Å². The Bertz CT molecular complexity index is 131. The summed E-state index contributed by atoms with van der Waals surface area (Å²) >= 11 is 0. The van der Waals surface area contributed by atoms with Crippen molar-refractivity contribution in [3.05, 3.63) is 0 Å². The van der Waals surface area contributed by atoms with Crippen LogP contribution in [0.4, 0.5) is 8.78 Å². The Morgan fingerprint density at radius 3 is 2.45 bits per heavy atom. The van der Waals surface area contributed by atoms with Crippen LogP contribution >= 0.6 is 0 Å². The van der Waals surface area contributed by atoms with Crippen LogP contribution in [0.3, 0.4) is 0 Å². The second-order valence-corrected chi connectivity index (χ2v) is 2.50. The predicted octanol–water partition coefficient (Wildman–Crippen LogP) is 1.56. The Morgan fingerprint density at radius 1 is 1.55 bits per heavy atom. The van der Waals surface area contributed by atoms with Gasteiger partial charge in [-0.2, -0.15) is 8.78 Å². The Balaban J connectivity index is 3.54. The summed E-state index contributed by atoms with van der Waals surface area (Å²) in [4.78, 5) is 10.5. The summed E-state index contributed by atoms with van der Waals surface area (Å²) in [6, 6.07) is 0. The zero-order valence-corrected chi connectivity index (χ0v) is 6.79. The second-order valence-electron chi connectivity index (χ2n) is 2.50. The number of hydrogen-bond acceptors (Lipinski definition) is 1. The Morgan fingerprint density at radius 2 is 2.09 bits per heavy atom. The maximum atomic E-state index is 12.1. The van der Waals surface area contributed by atoms with Crippen molar-refractivity contribution < 1.29 is 13.6 Å². The molecule has 11 heavy (non-hydrogen) atoms.